The van der Waals surface area contributed by atoms with Crippen molar-refractivity contribution in [1.29, 1.82) is 0 Å². The van der Waals surface area contributed by atoms with Crippen LogP contribution in [0.3, 0.4) is 0 Å². The fraction of sp³-hybridized carbons (Fsp3) is 0.388. The van der Waals surface area contributed by atoms with Crippen LogP contribution in [0.1, 0.15) is 136 Å². The first-order valence-corrected chi connectivity index (χ1v) is 31.5. The Bertz CT molecular complexity index is 4080. The number of imidazole rings is 3. The Morgan fingerprint density at radius 1 is 0.546 bits per heavy atom. The maximum atomic E-state index is 14.0. The number of esters is 5. The second-order valence-electron chi connectivity index (χ2n) is 22.9. The summed E-state index contributed by atoms with van der Waals surface area (Å²) in [6.45, 7) is 18.3. The van der Waals surface area contributed by atoms with E-state index < -0.39 is 35.1 Å². The third-order valence-electron chi connectivity index (χ3n) is 12.7. The summed E-state index contributed by atoms with van der Waals surface area (Å²) >= 11 is 11.1. The monoisotopic (exact) mass is 1390 g/mol. The molecule has 0 saturated carbocycles. The molecule has 0 radical (unpaired) electrons. The van der Waals surface area contributed by atoms with Gasteiger partial charge in [-0.1, -0.05) is 11.6 Å². The lowest BCUT2D eigenvalue weighted by Gasteiger charge is -2.21. The van der Waals surface area contributed by atoms with Gasteiger partial charge >= 0.3 is 29.8 Å². The first-order valence-electron chi connectivity index (χ1n) is 30.6. The van der Waals surface area contributed by atoms with E-state index in [-0.39, 0.29) is 84.7 Å². The molecule has 25 nitrogen and oxygen atoms in total. The van der Waals surface area contributed by atoms with E-state index in [9.17, 15) is 42.3 Å². The maximum absolute atomic E-state index is 14.0. The topological polar surface area (TPSA) is 290 Å². The highest BCUT2D eigenvalue weighted by molar-refractivity contribution is 6.29. The molecule has 9 rings (SSSR count). The van der Waals surface area contributed by atoms with E-state index >= 15 is 0 Å². The van der Waals surface area contributed by atoms with Crippen LogP contribution < -0.4 is 19.9 Å². The highest BCUT2D eigenvalue weighted by Crippen LogP contribution is 2.26. The van der Waals surface area contributed by atoms with Crippen molar-refractivity contribution in [3.8, 4) is 17.2 Å². The number of hydrogen-bond acceptors (Lipinski definition) is 22. The molecule has 3 N–H and O–H groups in total. The number of ether oxygens (including phenoxy) is 6. The van der Waals surface area contributed by atoms with E-state index in [0.29, 0.717) is 101 Å². The number of aromatic hydroxyl groups is 2. The van der Waals surface area contributed by atoms with Crippen LogP contribution in [-0.2, 0) is 52.9 Å². The molecule has 0 bridgehead atoms. The van der Waals surface area contributed by atoms with Gasteiger partial charge in [0, 0.05) is 69.1 Å². The van der Waals surface area contributed by atoms with Crippen LogP contribution in [0, 0.1) is 17.5 Å². The standard InChI is InChI=1S/C25H31FN4O5.C17H17FN4O3.C9H8ClN3O2.C8H15ClO2.C8H10FNO/c1-6-33-24(32)19-15-27-21-11-12-22(28-30(19)21)29(5)16-17-14-18(26)9-10-20(17)34-13-7-8-23(31)35-25(2,3)4;1-3-25-17(24)13-9-19-15-6-7-16(20-22(13)15)21(2)10-11-8-12(18)4-5-14(11)23;1-2-15-9(14)6-5-11-8-4-3-7(10)12-13(6)8;1-8(2,3)11-7(10)5-4-6-9;1-10-5-6-4-7(9)2-3-8(6)11/h9-12,14-15H,6-8,13,16H2,1-5H3;4-9,23H,3,10H2,1-2H3;3-5H,2H2,1H3;4-6H2,1-3H3;2-4,10-11H,5H2,1H3. The number of alkyl halides is 1. The summed E-state index contributed by atoms with van der Waals surface area (Å²) in [5.74, 6) is -0.858. The minimum absolute atomic E-state index is 0.00386. The number of anilines is 2. The zero-order valence-corrected chi connectivity index (χ0v) is 57.6. The molecule has 0 aliphatic heterocycles. The molecule has 522 valence electrons. The van der Waals surface area contributed by atoms with E-state index in [1.54, 1.807) is 94.2 Å². The van der Waals surface area contributed by atoms with Gasteiger partial charge in [-0.2, -0.15) is 5.10 Å². The number of carbonyl (C=O) groups excluding carboxylic acids is 5. The van der Waals surface area contributed by atoms with Gasteiger partial charge in [0.2, 0.25) is 0 Å². The lowest BCUT2D eigenvalue weighted by Crippen LogP contribution is -2.24. The van der Waals surface area contributed by atoms with Crippen molar-refractivity contribution in [2.75, 3.05) is 63.3 Å². The van der Waals surface area contributed by atoms with Gasteiger partial charge in [0.1, 0.15) is 62.7 Å². The second kappa shape index (κ2) is 37.5. The van der Waals surface area contributed by atoms with Crippen LogP contribution in [0.25, 0.3) is 16.9 Å². The number of hydrogen-bond donors (Lipinski definition) is 3. The number of aromatic nitrogens is 9. The number of nitrogens with one attached hydrogen (secondary N) is 1. The van der Waals surface area contributed by atoms with Gasteiger partial charge in [0.15, 0.2) is 34.0 Å². The zero-order chi connectivity index (χ0) is 71.6. The summed E-state index contributed by atoms with van der Waals surface area (Å²) in [6.07, 6.45) is 6.04. The molecular formula is C67H81Cl2F3N12O13. The van der Waals surface area contributed by atoms with E-state index in [1.807, 2.05) is 41.5 Å². The van der Waals surface area contributed by atoms with Gasteiger partial charge in [-0.05, 0) is 173 Å². The van der Waals surface area contributed by atoms with Crippen LogP contribution >= 0.6 is 23.2 Å². The molecule has 3 aromatic carbocycles. The van der Waals surface area contributed by atoms with Crippen LogP contribution in [0.15, 0.2) is 110 Å². The van der Waals surface area contributed by atoms with Crippen LogP contribution in [0.2, 0.25) is 5.15 Å². The number of nitrogens with zero attached hydrogens (tertiary/aromatic N) is 11. The largest absolute Gasteiger partial charge is 0.508 e. The third kappa shape index (κ3) is 25.0. The summed E-state index contributed by atoms with van der Waals surface area (Å²) in [4.78, 5) is 74.3. The predicted octanol–water partition coefficient (Wildman–Crippen LogP) is 11.7. The molecule has 6 aromatic heterocycles. The van der Waals surface area contributed by atoms with E-state index in [4.69, 9.17) is 56.7 Å². The van der Waals surface area contributed by atoms with E-state index in [2.05, 4.69) is 35.6 Å². The average molecular weight is 1390 g/mol. The molecule has 9 aromatic rings. The number of rotatable bonds is 22. The summed E-state index contributed by atoms with van der Waals surface area (Å²) in [7, 11) is 5.29. The Kier molecular flexibility index (Phi) is 30.1. The Morgan fingerprint density at radius 3 is 1.37 bits per heavy atom. The molecule has 97 heavy (non-hydrogen) atoms. The molecule has 0 aliphatic rings. The number of fused-ring (bicyclic) bond motifs is 3. The lowest BCUT2D eigenvalue weighted by atomic mass is 10.2. The van der Waals surface area contributed by atoms with E-state index in [0.717, 1.165) is 0 Å². The number of phenols is 2. The van der Waals surface area contributed by atoms with Gasteiger partial charge in [-0.25, -0.2) is 56.1 Å². The van der Waals surface area contributed by atoms with Crippen LogP contribution in [-0.4, -0.2) is 149 Å². The lowest BCUT2D eigenvalue weighted by molar-refractivity contribution is -0.156. The Labute approximate surface area is 569 Å². The maximum Gasteiger partial charge on any atom is 0.358 e. The molecular weight excluding hydrogens is 1310 g/mol. The number of benzene rings is 3. The molecule has 0 atom stereocenters. The predicted molar refractivity (Wildman–Crippen MR) is 358 cm³/mol. The van der Waals surface area contributed by atoms with Crippen molar-refractivity contribution in [2.24, 2.45) is 0 Å². The first-order chi connectivity index (χ1) is 46.0. The van der Waals surface area contributed by atoms with Crippen molar-refractivity contribution < 1.29 is 75.8 Å². The molecule has 6 heterocycles. The normalized spacial score (nSPS) is 10.9. The first kappa shape index (κ1) is 77.9. The van der Waals surface area contributed by atoms with Crippen molar-refractivity contribution in [3.05, 3.63) is 166 Å². The smallest absolute Gasteiger partial charge is 0.358 e. The molecule has 0 saturated heterocycles. The molecule has 0 unspecified atom stereocenters. The van der Waals surface area contributed by atoms with Gasteiger partial charge in [-0.3, -0.25) is 9.59 Å². The fourth-order valence-electron chi connectivity index (χ4n) is 8.47. The Hall–Kier alpha value is -9.80. The van der Waals surface area contributed by atoms with Gasteiger partial charge < -0.3 is 53.8 Å². The minimum Gasteiger partial charge on any atom is -0.508 e. The second-order valence-corrected chi connectivity index (χ2v) is 23.7. The highest BCUT2D eigenvalue weighted by Gasteiger charge is 2.21. The SMILES string of the molecule is CC(C)(C)OC(=O)CCCCl.CCOC(=O)c1cnc2ccc(Cl)nn12.CCOC(=O)c1cnc2ccc(N(C)Cc3cc(F)ccc3O)nn12.CCOC(=O)c1cnc2ccc(N(C)Cc3cc(F)ccc3OCCCC(=O)OC(C)(C)C)nn12.CNCc1cc(F)ccc1O. The van der Waals surface area contributed by atoms with Crippen molar-refractivity contribution in [2.45, 2.75) is 119 Å². The van der Waals surface area contributed by atoms with Crippen molar-refractivity contribution >= 4 is 81.6 Å². The Balaban J connectivity index is 0.000000238. The summed E-state index contributed by atoms with van der Waals surface area (Å²) in [6, 6.07) is 22.2. The van der Waals surface area contributed by atoms with Crippen molar-refractivity contribution in [3.63, 3.8) is 0 Å². The fourth-order valence-corrected chi connectivity index (χ4v) is 8.74. The van der Waals surface area contributed by atoms with Gasteiger partial charge in [0.25, 0.3) is 0 Å². The average Bonchev–Trinajstić information content (AvgIpc) is 1.71. The summed E-state index contributed by atoms with van der Waals surface area (Å²) < 4.78 is 75.2. The quantitative estimate of drug-likeness (QED) is 0.0246. The number of phenolic OH excluding ortho intramolecular Hbond substituents is 2. The highest BCUT2D eigenvalue weighted by atomic mass is 35.5. The van der Waals surface area contributed by atoms with Crippen LogP contribution in [0.5, 0.6) is 17.2 Å². The number of halogens is 5. The third-order valence-corrected chi connectivity index (χ3v) is 13.2. The molecule has 0 aliphatic carbocycles. The van der Waals surface area contributed by atoms with Crippen molar-refractivity contribution in [1.82, 2.24) is 49.1 Å². The van der Waals surface area contributed by atoms with E-state index in [1.165, 1.54) is 80.7 Å². The van der Waals surface area contributed by atoms with Crippen LogP contribution in [0.4, 0.5) is 24.8 Å². The van der Waals surface area contributed by atoms with Gasteiger partial charge in [0.05, 0.1) is 45.0 Å². The molecule has 0 spiro atoms. The zero-order valence-electron chi connectivity index (χ0n) is 56.1. The molecule has 30 heteroatoms. The van der Waals surface area contributed by atoms with Gasteiger partial charge in [-0.15, -0.1) is 21.8 Å². The molecule has 0 amide bonds. The summed E-state index contributed by atoms with van der Waals surface area (Å²) in [5.41, 5.74) is 3.00. The minimum atomic E-state index is -0.530. The molecule has 0 fully saturated rings. The summed E-state index contributed by atoms with van der Waals surface area (Å²) in [5, 5.41) is 35.0. The number of carbonyl (C=O) groups is 5. The Morgan fingerprint density at radius 2 is 0.938 bits per heavy atom.